The molecule has 1 aliphatic rings. The molecular formula is C9H19NO. The van der Waals surface area contributed by atoms with Gasteiger partial charge in [-0.3, -0.25) is 0 Å². The summed E-state index contributed by atoms with van der Waals surface area (Å²) in [7, 11) is 1.76. The first-order valence-electron chi connectivity index (χ1n) is 4.13. The van der Waals surface area contributed by atoms with Gasteiger partial charge >= 0.3 is 0 Å². The minimum Gasteiger partial charge on any atom is -0.380 e. The van der Waals surface area contributed by atoms with Crippen LogP contribution < -0.4 is 5.73 Å². The zero-order chi connectivity index (χ0) is 8.86. The monoisotopic (exact) mass is 157 g/mol. The van der Waals surface area contributed by atoms with Crippen LogP contribution in [0.3, 0.4) is 0 Å². The smallest absolute Gasteiger partial charge is 0.0703 e. The van der Waals surface area contributed by atoms with Gasteiger partial charge in [-0.25, -0.2) is 0 Å². The van der Waals surface area contributed by atoms with Gasteiger partial charge in [-0.15, -0.1) is 0 Å². The standard InChI is InChI=1S/C9H19NO/c1-8(2)6(10)9(3,4)7(8)11-5/h6-7H,10H2,1-5H3. The van der Waals surface area contributed by atoms with Crippen molar-refractivity contribution >= 4 is 0 Å². The molecule has 1 saturated carbocycles. The van der Waals surface area contributed by atoms with Gasteiger partial charge in [0.05, 0.1) is 6.10 Å². The second-order valence-electron chi connectivity index (χ2n) is 4.74. The summed E-state index contributed by atoms with van der Waals surface area (Å²) in [5, 5.41) is 0. The molecule has 66 valence electrons. The van der Waals surface area contributed by atoms with E-state index in [1.165, 1.54) is 0 Å². The minimum atomic E-state index is 0.137. The van der Waals surface area contributed by atoms with Crippen molar-refractivity contribution in [2.45, 2.75) is 39.8 Å². The molecule has 0 aromatic carbocycles. The molecule has 0 aliphatic heterocycles. The normalized spacial score (nSPS) is 39.8. The quantitative estimate of drug-likeness (QED) is 0.624. The molecule has 2 N–H and O–H groups in total. The first-order valence-corrected chi connectivity index (χ1v) is 4.13. The molecule has 0 aromatic rings. The molecule has 1 rings (SSSR count). The molecule has 0 amide bonds. The lowest BCUT2D eigenvalue weighted by atomic mass is 9.50. The number of nitrogens with two attached hydrogens (primary N) is 1. The summed E-state index contributed by atoms with van der Waals surface area (Å²) in [6.45, 7) is 8.66. The molecule has 0 heterocycles. The highest BCUT2D eigenvalue weighted by Gasteiger charge is 2.60. The van der Waals surface area contributed by atoms with Crippen LogP contribution in [0.5, 0.6) is 0 Å². The number of hydrogen-bond acceptors (Lipinski definition) is 2. The van der Waals surface area contributed by atoms with Crippen molar-refractivity contribution in [3.63, 3.8) is 0 Å². The SMILES string of the molecule is COC1C(C)(C)C(N)C1(C)C. The van der Waals surface area contributed by atoms with Gasteiger partial charge < -0.3 is 10.5 Å². The van der Waals surface area contributed by atoms with E-state index in [1.54, 1.807) is 7.11 Å². The molecule has 1 fully saturated rings. The summed E-state index contributed by atoms with van der Waals surface area (Å²) in [4.78, 5) is 0. The zero-order valence-electron chi connectivity index (χ0n) is 8.14. The second-order valence-corrected chi connectivity index (χ2v) is 4.74. The highest BCUT2D eigenvalue weighted by atomic mass is 16.5. The maximum atomic E-state index is 6.02. The van der Waals surface area contributed by atoms with Gasteiger partial charge in [0.2, 0.25) is 0 Å². The Bertz CT molecular complexity index is 147. The molecule has 0 aromatic heterocycles. The molecule has 0 saturated heterocycles. The summed E-state index contributed by atoms with van der Waals surface area (Å²) in [5.74, 6) is 0. The maximum Gasteiger partial charge on any atom is 0.0703 e. The number of methoxy groups -OCH3 is 1. The Kier molecular flexibility index (Phi) is 1.81. The molecule has 2 heteroatoms. The lowest BCUT2D eigenvalue weighted by Crippen LogP contribution is -2.71. The van der Waals surface area contributed by atoms with Crippen molar-refractivity contribution in [2.75, 3.05) is 7.11 Å². The third-order valence-electron chi connectivity index (χ3n) is 3.19. The van der Waals surface area contributed by atoms with E-state index in [9.17, 15) is 0 Å². The summed E-state index contributed by atoms with van der Waals surface area (Å²) in [6, 6.07) is 0.250. The molecule has 0 bridgehead atoms. The van der Waals surface area contributed by atoms with Crippen LogP contribution in [0, 0.1) is 10.8 Å². The van der Waals surface area contributed by atoms with Crippen LogP contribution in [0.1, 0.15) is 27.7 Å². The van der Waals surface area contributed by atoms with Crippen LogP contribution in [0.4, 0.5) is 0 Å². The Balaban J connectivity index is 2.79. The third kappa shape index (κ3) is 0.926. The number of hydrogen-bond donors (Lipinski definition) is 1. The lowest BCUT2D eigenvalue weighted by molar-refractivity contribution is -0.187. The minimum absolute atomic E-state index is 0.137. The first-order chi connectivity index (χ1) is 4.85. The largest absolute Gasteiger partial charge is 0.380 e. The summed E-state index contributed by atoms with van der Waals surface area (Å²) < 4.78 is 5.41. The van der Waals surface area contributed by atoms with Crippen LogP contribution in [-0.2, 0) is 4.74 Å². The topological polar surface area (TPSA) is 35.2 Å². The average Bonchev–Trinajstić information content (AvgIpc) is 1.86. The maximum absolute atomic E-state index is 6.02. The van der Waals surface area contributed by atoms with E-state index >= 15 is 0 Å². The van der Waals surface area contributed by atoms with Crippen LogP contribution in [0.15, 0.2) is 0 Å². The Morgan fingerprint density at radius 1 is 1.09 bits per heavy atom. The molecule has 0 spiro atoms. The van der Waals surface area contributed by atoms with E-state index in [4.69, 9.17) is 10.5 Å². The van der Waals surface area contributed by atoms with Crippen LogP contribution in [0.2, 0.25) is 0 Å². The van der Waals surface area contributed by atoms with Crippen molar-refractivity contribution in [1.82, 2.24) is 0 Å². The summed E-state index contributed by atoms with van der Waals surface area (Å²) >= 11 is 0. The number of rotatable bonds is 1. The van der Waals surface area contributed by atoms with E-state index < -0.39 is 0 Å². The molecule has 11 heavy (non-hydrogen) atoms. The van der Waals surface area contributed by atoms with E-state index in [0.717, 1.165) is 0 Å². The molecule has 0 radical (unpaired) electrons. The number of ether oxygens (including phenoxy) is 1. The molecule has 0 atom stereocenters. The zero-order valence-corrected chi connectivity index (χ0v) is 8.14. The van der Waals surface area contributed by atoms with Gasteiger partial charge in [0.15, 0.2) is 0 Å². The van der Waals surface area contributed by atoms with Gasteiger partial charge in [-0.1, -0.05) is 27.7 Å². The lowest BCUT2D eigenvalue weighted by Gasteiger charge is -2.61. The van der Waals surface area contributed by atoms with E-state index in [1.807, 2.05) is 0 Å². The van der Waals surface area contributed by atoms with Crippen molar-refractivity contribution < 1.29 is 4.74 Å². The molecule has 1 aliphatic carbocycles. The average molecular weight is 157 g/mol. The van der Waals surface area contributed by atoms with Gasteiger partial charge in [0.1, 0.15) is 0 Å². The molecular weight excluding hydrogens is 138 g/mol. The van der Waals surface area contributed by atoms with Gasteiger partial charge in [0, 0.05) is 24.0 Å². The first kappa shape index (κ1) is 9.01. The summed E-state index contributed by atoms with van der Waals surface area (Å²) in [6.07, 6.45) is 0.296. The Hall–Kier alpha value is -0.0800. The molecule has 0 unspecified atom stereocenters. The van der Waals surface area contributed by atoms with E-state index in [-0.39, 0.29) is 16.9 Å². The Labute approximate surface area is 69.1 Å². The fourth-order valence-electron chi connectivity index (χ4n) is 2.76. The highest BCUT2D eigenvalue weighted by molar-refractivity contribution is 5.13. The summed E-state index contributed by atoms with van der Waals surface area (Å²) in [5.41, 5.74) is 6.29. The van der Waals surface area contributed by atoms with Gasteiger partial charge in [-0.2, -0.15) is 0 Å². The van der Waals surface area contributed by atoms with Gasteiger partial charge in [-0.05, 0) is 0 Å². The van der Waals surface area contributed by atoms with E-state index in [2.05, 4.69) is 27.7 Å². The predicted molar refractivity (Wildman–Crippen MR) is 46.3 cm³/mol. The second kappa shape index (κ2) is 2.20. The van der Waals surface area contributed by atoms with Crippen molar-refractivity contribution in [1.29, 1.82) is 0 Å². The van der Waals surface area contributed by atoms with Crippen molar-refractivity contribution in [2.24, 2.45) is 16.6 Å². The van der Waals surface area contributed by atoms with Crippen LogP contribution in [-0.4, -0.2) is 19.3 Å². The van der Waals surface area contributed by atoms with Crippen LogP contribution >= 0.6 is 0 Å². The van der Waals surface area contributed by atoms with E-state index in [0.29, 0.717) is 6.10 Å². The van der Waals surface area contributed by atoms with Crippen molar-refractivity contribution in [3.05, 3.63) is 0 Å². The van der Waals surface area contributed by atoms with Crippen LogP contribution in [0.25, 0.3) is 0 Å². The fraction of sp³-hybridized carbons (Fsp3) is 1.00. The third-order valence-corrected chi connectivity index (χ3v) is 3.19. The highest BCUT2D eigenvalue weighted by Crippen LogP contribution is 2.53. The Morgan fingerprint density at radius 2 is 1.45 bits per heavy atom. The fourth-order valence-corrected chi connectivity index (χ4v) is 2.76. The Morgan fingerprint density at radius 3 is 1.64 bits per heavy atom. The van der Waals surface area contributed by atoms with Crippen molar-refractivity contribution in [3.8, 4) is 0 Å². The molecule has 2 nitrogen and oxygen atoms in total. The predicted octanol–water partition coefficient (Wildman–Crippen LogP) is 1.39. The van der Waals surface area contributed by atoms with Gasteiger partial charge in [0.25, 0.3) is 0 Å².